The Bertz CT molecular complexity index is 939. The van der Waals surface area contributed by atoms with Gasteiger partial charge in [-0.2, -0.15) is 10.4 Å². The second-order valence-corrected chi connectivity index (χ2v) is 5.77. The number of anilines is 1. The average Bonchev–Trinajstić information content (AvgIpc) is 3.09. The maximum Gasteiger partial charge on any atom is 0.258 e. The molecule has 5 nitrogen and oxygen atoms in total. The van der Waals surface area contributed by atoms with E-state index in [4.69, 9.17) is 5.26 Å². The van der Waals surface area contributed by atoms with Crippen molar-refractivity contribution in [2.24, 2.45) is 0 Å². The summed E-state index contributed by atoms with van der Waals surface area (Å²) in [6, 6.07) is 16.7. The molecule has 26 heavy (non-hydrogen) atoms. The molecule has 0 aliphatic rings. The van der Waals surface area contributed by atoms with Crippen LogP contribution in [0.25, 0.3) is 5.69 Å². The fraction of sp³-hybridized carbons (Fsp3) is 0.150. The average molecular weight is 348 g/mol. The fourth-order valence-electron chi connectivity index (χ4n) is 2.67. The van der Waals surface area contributed by atoms with Crippen molar-refractivity contribution < 1.29 is 9.18 Å². The molecule has 0 bridgehead atoms. The van der Waals surface area contributed by atoms with Crippen molar-refractivity contribution in [1.82, 2.24) is 9.78 Å². The van der Waals surface area contributed by atoms with Gasteiger partial charge in [-0.1, -0.05) is 0 Å². The molecule has 1 heterocycles. The van der Waals surface area contributed by atoms with Crippen LogP contribution >= 0.6 is 0 Å². The van der Waals surface area contributed by atoms with Crippen molar-refractivity contribution in [3.05, 3.63) is 77.9 Å². The number of amides is 1. The zero-order valence-corrected chi connectivity index (χ0v) is 14.3. The van der Waals surface area contributed by atoms with E-state index in [1.54, 1.807) is 23.0 Å². The molecular weight excluding hydrogens is 331 g/mol. The van der Waals surface area contributed by atoms with Crippen molar-refractivity contribution in [2.75, 3.05) is 11.4 Å². The quantitative estimate of drug-likeness (QED) is 0.703. The molecule has 1 aromatic heterocycles. The van der Waals surface area contributed by atoms with Crippen molar-refractivity contribution in [3.63, 3.8) is 0 Å². The van der Waals surface area contributed by atoms with Gasteiger partial charge in [-0.25, -0.2) is 9.07 Å². The Balaban J connectivity index is 1.87. The minimum atomic E-state index is -0.375. The fourth-order valence-corrected chi connectivity index (χ4v) is 2.67. The molecule has 3 rings (SSSR count). The molecule has 0 saturated carbocycles. The Hall–Kier alpha value is -3.46. The van der Waals surface area contributed by atoms with Crippen LogP contribution in [-0.4, -0.2) is 22.2 Å². The van der Waals surface area contributed by atoms with E-state index < -0.39 is 0 Å². The van der Waals surface area contributed by atoms with Crippen LogP contribution in [0, 0.1) is 24.1 Å². The molecular formula is C20H17FN4O. The zero-order valence-electron chi connectivity index (χ0n) is 14.3. The third kappa shape index (κ3) is 3.62. The number of aromatic nitrogens is 2. The monoisotopic (exact) mass is 348 g/mol. The molecule has 0 saturated heterocycles. The number of nitrogens with zero attached hydrogens (tertiary/aromatic N) is 4. The lowest BCUT2D eigenvalue weighted by atomic mass is 10.1. The van der Waals surface area contributed by atoms with Gasteiger partial charge in [0.2, 0.25) is 0 Å². The summed E-state index contributed by atoms with van der Waals surface area (Å²) in [6.45, 7) is 2.19. The Morgan fingerprint density at radius 2 is 1.85 bits per heavy atom. The standard InChI is InChI=1S/C20H17FN4O/c1-15-11-13-23-25(15)19-7-3-16(4-8-19)20(26)24(14-2-12-22)18-9-5-17(21)6-10-18/h3-11,13H,2,14H2,1H3. The molecule has 6 heteroatoms. The molecule has 0 N–H and O–H groups in total. The van der Waals surface area contributed by atoms with Crippen LogP contribution in [0.15, 0.2) is 60.8 Å². The number of carbonyl (C=O) groups excluding carboxylic acids is 1. The highest BCUT2D eigenvalue weighted by Crippen LogP contribution is 2.19. The van der Waals surface area contributed by atoms with Crippen molar-refractivity contribution in [1.29, 1.82) is 5.26 Å². The molecule has 0 radical (unpaired) electrons. The van der Waals surface area contributed by atoms with Gasteiger partial charge in [0.05, 0.1) is 18.2 Å². The summed E-state index contributed by atoms with van der Waals surface area (Å²) in [5.41, 5.74) is 2.89. The summed E-state index contributed by atoms with van der Waals surface area (Å²) >= 11 is 0. The van der Waals surface area contributed by atoms with Crippen LogP contribution in [0.5, 0.6) is 0 Å². The minimum Gasteiger partial charge on any atom is -0.307 e. The first-order chi connectivity index (χ1) is 12.6. The van der Waals surface area contributed by atoms with Crippen molar-refractivity contribution in [2.45, 2.75) is 13.3 Å². The molecule has 3 aromatic rings. The second kappa shape index (κ2) is 7.62. The van der Waals surface area contributed by atoms with Gasteiger partial charge in [0.1, 0.15) is 5.82 Å². The molecule has 0 fully saturated rings. The molecule has 2 aromatic carbocycles. The normalized spacial score (nSPS) is 10.3. The smallest absolute Gasteiger partial charge is 0.258 e. The van der Waals surface area contributed by atoms with Crippen LogP contribution in [-0.2, 0) is 0 Å². The number of rotatable bonds is 5. The van der Waals surface area contributed by atoms with Gasteiger partial charge in [0, 0.05) is 29.7 Å². The lowest BCUT2D eigenvalue weighted by Crippen LogP contribution is -2.31. The molecule has 130 valence electrons. The topological polar surface area (TPSA) is 61.9 Å². The molecule has 1 amide bonds. The van der Waals surface area contributed by atoms with E-state index in [1.165, 1.54) is 29.2 Å². The lowest BCUT2D eigenvalue weighted by molar-refractivity contribution is 0.0987. The largest absolute Gasteiger partial charge is 0.307 e. The van der Waals surface area contributed by atoms with Gasteiger partial charge in [-0.15, -0.1) is 0 Å². The maximum absolute atomic E-state index is 13.2. The van der Waals surface area contributed by atoms with Crippen LogP contribution < -0.4 is 4.90 Å². The number of carbonyl (C=O) groups is 1. The van der Waals surface area contributed by atoms with Crippen LogP contribution in [0.2, 0.25) is 0 Å². The van der Waals surface area contributed by atoms with E-state index in [-0.39, 0.29) is 24.7 Å². The van der Waals surface area contributed by atoms with Crippen LogP contribution in [0.3, 0.4) is 0 Å². The first-order valence-electron chi connectivity index (χ1n) is 8.15. The number of aryl methyl sites for hydroxylation is 1. The summed E-state index contributed by atoms with van der Waals surface area (Å²) in [6.07, 6.45) is 1.90. The molecule has 0 spiro atoms. The Morgan fingerprint density at radius 3 is 2.42 bits per heavy atom. The third-order valence-electron chi connectivity index (χ3n) is 4.02. The van der Waals surface area contributed by atoms with Crippen molar-refractivity contribution in [3.8, 4) is 11.8 Å². The zero-order chi connectivity index (χ0) is 18.5. The highest BCUT2D eigenvalue weighted by atomic mass is 19.1. The van der Waals surface area contributed by atoms with Gasteiger partial charge < -0.3 is 4.90 Å². The SMILES string of the molecule is Cc1ccnn1-c1ccc(C(=O)N(CCC#N)c2ccc(F)cc2)cc1. The molecule has 0 aliphatic carbocycles. The Labute approximate surface area is 150 Å². The first-order valence-corrected chi connectivity index (χ1v) is 8.15. The lowest BCUT2D eigenvalue weighted by Gasteiger charge is -2.22. The number of benzene rings is 2. The first kappa shape index (κ1) is 17.4. The van der Waals surface area contributed by atoms with Gasteiger partial charge >= 0.3 is 0 Å². The van der Waals surface area contributed by atoms with E-state index in [1.807, 2.05) is 31.2 Å². The van der Waals surface area contributed by atoms with Crippen LogP contribution in [0.1, 0.15) is 22.5 Å². The summed E-state index contributed by atoms with van der Waals surface area (Å²) in [4.78, 5) is 14.4. The highest BCUT2D eigenvalue weighted by molar-refractivity contribution is 6.06. The Morgan fingerprint density at radius 1 is 1.15 bits per heavy atom. The number of halogens is 1. The Kier molecular flexibility index (Phi) is 5.09. The van der Waals surface area contributed by atoms with Gasteiger partial charge in [-0.05, 0) is 61.5 Å². The van der Waals surface area contributed by atoms with E-state index in [9.17, 15) is 9.18 Å². The number of nitriles is 1. The van der Waals surface area contributed by atoms with E-state index in [0.717, 1.165) is 11.4 Å². The predicted molar refractivity (Wildman–Crippen MR) is 96.6 cm³/mol. The molecule has 0 unspecified atom stereocenters. The second-order valence-electron chi connectivity index (χ2n) is 5.77. The summed E-state index contributed by atoms with van der Waals surface area (Å²) < 4.78 is 15.0. The minimum absolute atomic E-state index is 0.188. The summed E-state index contributed by atoms with van der Waals surface area (Å²) in [5.74, 6) is -0.615. The van der Waals surface area contributed by atoms with Crippen LogP contribution in [0.4, 0.5) is 10.1 Å². The molecule has 0 aliphatic heterocycles. The van der Waals surface area contributed by atoms with E-state index >= 15 is 0 Å². The summed E-state index contributed by atoms with van der Waals surface area (Å²) in [7, 11) is 0. The van der Waals surface area contributed by atoms with Gasteiger partial charge in [-0.3, -0.25) is 4.79 Å². The predicted octanol–water partition coefficient (Wildman–Crippen LogP) is 3.88. The van der Waals surface area contributed by atoms with Crippen molar-refractivity contribution >= 4 is 11.6 Å². The van der Waals surface area contributed by atoms with Gasteiger partial charge in [0.25, 0.3) is 5.91 Å². The van der Waals surface area contributed by atoms with E-state index in [0.29, 0.717) is 11.3 Å². The highest BCUT2D eigenvalue weighted by Gasteiger charge is 2.18. The van der Waals surface area contributed by atoms with Gasteiger partial charge in [0.15, 0.2) is 0 Å². The molecule has 0 atom stereocenters. The van der Waals surface area contributed by atoms with E-state index in [2.05, 4.69) is 5.10 Å². The number of hydrogen-bond acceptors (Lipinski definition) is 3. The third-order valence-corrected chi connectivity index (χ3v) is 4.02. The number of hydrogen-bond donors (Lipinski definition) is 0. The maximum atomic E-state index is 13.2. The summed E-state index contributed by atoms with van der Waals surface area (Å²) in [5, 5.41) is 13.1.